The number of rotatable bonds is 3. The minimum atomic E-state index is 0.0803. The second-order valence-electron chi connectivity index (χ2n) is 6.39. The van der Waals surface area contributed by atoms with Crippen molar-refractivity contribution in [3.05, 3.63) is 34.0 Å². The predicted octanol–water partition coefficient (Wildman–Crippen LogP) is 3.00. The summed E-state index contributed by atoms with van der Waals surface area (Å²) in [7, 11) is 0. The number of nitrogens with zero attached hydrogens (tertiary/aromatic N) is 4. The number of hydrogen-bond donors (Lipinski definition) is 0. The van der Waals surface area contributed by atoms with E-state index < -0.39 is 0 Å². The van der Waals surface area contributed by atoms with E-state index in [4.69, 9.17) is 0 Å². The Morgan fingerprint density at radius 3 is 2.95 bits per heavy atom. The first kappa shape index (κ1) is 13.9. The third kappa shape index (κ3) is 2.67. The maximum absolute atomic E-state index is 12.7. The highest BCUT2D eigenvalue weighted by Gasteiger charge is 2.30. The SMILES string of the molecule is Cc1cnn(C2CCCN(C(=O)c3csc(C4CC4)n3)C2)c1. The molecule has 1 atom stereocenters. The molecule has 6 heteroatoms. The van der Waals surface area contributed by atoms with Gasteiger partial charge in [0.15, 0.2) is 0 Å². The van der Waals surface area contributed by atoms with Gasteiger partial charge in [-0.05, 0) is 38.2 Å². The summed E-state index contributed by atoms with van der Waals surface area (Å²) >= 11 is 1.64. The number of hydrogen-bond acceptors (Lipinski definition) is 4. The van der Waals surface area contributed by atoms with Gasteiger partial charge in [0.2, 0.25) is 0 Å². The van der Waals surface area contributed by atoms with Crippen LogP contribution in [-0.2, 0) is 0 Å². The van der Waals surface area contributed by atoms with Gasteiger partial charge >= 0.3 is 0 Å². The molecule has 1 aliphatic carbocycles. The largest absolute Gasteiger partial charge is 0.335 e. The fraction of sp³-hybridized carbons (Fsp3) is 0.562. The van der Waals surface area contributed by atoms with Crippen molar-refractivity contribution in [3.8, 4) is 0 Å². The molecule has 5 nitrogen and oxygen atoms in total. The number of carbonyl (C=O) groups excluding carboxylic acids is 1. The molecule has 4 rings (SSSR count). The first-order valence-corrected chi connectivity index (χ1v) is 8.84. The van der Waals surface area contributed by atoms with Crippen LogP contribution in [0.25, 0.3) is 0 Å². The van der Waals surface area contributed by atoms with Crippen LogP contribution in [0.4, 0.5) is 0 Å². The lowest BCUT2D eigenvalue weighted by Crippen LogP contribution is -2.41. The lowest BCUT2D eigenvalue weighted by atomic mass is 10.1. The highest BCUT2D eigenvalue weighted by molar-refractivity contribution is 7.10. The van der Waals surface area contributed by atoms with Crippen molar-refractivity contribution in [2.24, 2.45) is 0 Å². The number of carbonyl (C=O) groups is 1. The smallest absolute Gasteiger partial charge is 0.273 e. The molecule has 22 heavy (non-hydrogen) atoms. The summed E-state index contributed by atoms with van der Waals surface area (Å²) in [5, 5.41) is 7.47. The van der Waals surface area contributed by atoms with Crippen molar-refractivity contribution in [2.75, 3.05) is 13.1 Å². The molecule has 0 radical (unpaired) electrons. The van der Waals surface area contributed by atoms with Crippen molar-refractivity contribution >= 4 is 17.2 Å². The molecule has 2 fully saturated rings. The van der Waals surface area contributed by atoms with Gasteiger partial charge in [0.25, 0.3) is 5.91 Å². The van der Waals surface area contributed by atoms with Crippen LogP contribution in [0.3, 0.4) is 0 Å². The molecule has 0 aromatic carbocycles. The topological polar surface area (TPSA) is 51.0 Å². The number of likely N-dealkylation sites (tertiary alicyclic amines) is 1. The van der Waals surface area contributed by atoms with E-state index in [0.717, 1.165) is 36.5 Å². The number of amides is 1. The van der Waals surface area contributed by atoms with Crippen LogP contribution in [-0.4, -0.2) is 38.7 Å². The molecule has 2 aromatic heterocycles. The Morgan fingerprint density at radius 2 is 2.23 bits per heavy atom. The molecule has 3 heterocycles. The Kier molecular flexibility index (Phi) is 3.48. The molecule has 2 aromatic rings. The summed E-state index contributed by atoms with van der Waals surface area (Å²) < 4.78 is 2.01. The second kappa shape index (κ2) is 5.50. The fourth-order valence-corrected chi connectivity index (χ4v) is 4.02. The van der Waals surface area contributed by atoms with Gasteiger partial charge in [-0.3, -0.25) is 9.48 Å². The molecule has 0 spiro atoms. The first-order valence-electron chi connectivity index (χ1n) is 7.96. The van der Waals surface area contributed by atoms with Crippen molar-refractivity contribution in [1.82, 2.24) is 19.7 Å². The molecule has 1 aliphatic heterocycles. The van der Waals surface area contributed by atoms with Crippen LogP contribution in [0, 0.1) is 6.92 Å². The van der Waals surface area contributed by atoms with E-state index in [1.165, 1.54) is 12.8 Å². The van der Waals surface area contributed by atoms with Crippen molar-refractivity contribution in [2.45, 2.75) is 44.6 Å². The van der Waals surface area contributed by atoms with Crippen LogP contribution >= 0.6 is 11.3 Å². The standard InChI is InChI=1S/C16H20N4OS/c1-11-7-17-20(8-11)13-3-2-6-19(9-13)16(21)14-10-22-15(18-14)12-4-5-12/h7-8,10,12-13H,2-6,9H2,1H3. The van der Waals surface area contributed by atoms with Gasteiger partial charge in [0.1, 0.15) is 5.69 Å². The van der Waals surface area contributed by atoms with E-state index in [0.29, 0.717) is 11.6 Å². The number of aryl methyl sites for hydroxylation is 1. The molecular weight excluding hydrogens is 296 g/mol. The summed E-state index contributed by atoms with van der Waals surface area (Å²) in [5.74, 6) is 0.699. The van der Waals surface area contributed by atoms with Gasteiger partial charge in [-0.2, -0.15) is 5.10 Å². The Morgan fingerprint density at radius 1 is 1.36 bits per heavy atom. The molecular formula is C16H20N4OS. The van der Waals surface area contributed by atoms with Gasteiger partial charge < -0.3 is 4.90 Å². The summed E-state index contributed by atoms with van der Waals surface area (Å²) in [6.07, 6.45) is 8.50. The maximum atomic E-state index is 12.7. The minimum Gasteiger partial charge on any atom is -0.335 e. The van der Waals surface area contributed by atoms with Crippen molar-refractivity contribution in [3.63, 3.8) is 0 Å². The number of piperidine rings is 1. The van der Waals surface area contributed by atoms with E-state index in [1.54, 1.807) is 11.3 Å². The van der Waals surface area contributed by atoms with E-state index in [1.807, 2.05) is 28.1 Å². The summed E-state index contributed by atoms with van der Waals surface area (Å²) in [4.78, 5) is 19.2. The zero-order valence-corrected chi connectivity index (χ0v) is 13.6. The van der Waals surface area contributed by atoms with E-state index in [9.17, 15) is 4.79 Å². The van der Waals surface area contributed by atoms with Crippen LogP contribution in [0.1, 0.15) is 58.7 Å². The predicted molar refractivity (Wildman–Crippen MR) is 85.2 cm³/mol. The quantitative estimate of drug-likeness (QED) is 0.874. The summed E-state index contributed by atoms with van der Waals surface area (Å²) in [6.45, 7) is 3.60. The highest BCUT2D eigenvalue weighted by atomic mass is 32.1. The van der Waals surface area contributed by atoms with E-state index in [-0.39, 0.29) is 11.9 Å². The normalized spacial score (nSPS) is 22.0. The van der Waals surface area contributed by atoms with Gasteiger partial charge in [-0.15, -0.1) is 11.3 Å². The van der Waals surface area contributed by atoms with Gasteiger partial charge in [-0.1, -0.05) is 0 Å². The Bertz CT molecular complexity index is 688. The molecule has 0 bridgehead atoms. The number of thiazole rings is 1. The first-order chi connectivity index (χ1) is 10.7. The Hall–Kier alpha value is -1.69. The zero-order valence-electron chi connectivity index (χ0n) is 12.7. The molecule has 2 aliphatic rings. The lowest BCUT2D eigenvalue weighted by Gasteiger charge is -2.32. The van der Waals surface area contributed by atoms with E-state index in [2.05, 4.69) is 16.3 Å². The van der Waals surface area contributed by atoms with Gasteiger partial charge in [0, 0.05) is 30.6 Å². The monoisotopic (exact) mass is 316 g/mol. The Labute approximate surface area is 134 Å². The van der Waals surface area contributed by atoms with Gasteiger partial charge in [-0.25, -0.2) is 4.98 Å². The second-order valence-corrected chi connectivity index (χ2v) is 7.28. The fourth-order valence-electron chi connectivity index (χ4n) is 3.05. The third-order valence-corrected chi connectivity index (χ3v) is 5.46. The van der Waals surface area contributed by atoms with Crippen LogP contribution < -0.4 is 0 Å². The summed E-state index contributed by atoms with van der Waals surface area (Å²) in [6, 6.07) is 0.285. The van der Waals surface area contributed by atoms with E-state index >= 15 is 0 Å². The Balaban J connectivity index is 1.47. The average Bonchev–Trinajstić information content (AvgIpc) is 3.10. The molecule has 1 saturated carbocycles. The molecule has 1 amide bonds. The van der Waals surface area contributed by atoms with Gasteiger partial charge in [0.05, 0.1) is 17.2 Å². The van der Waals surface area contributed by atoms with Crippen molar-refractivity contribution in [1.29, 1.82) is 0 Å². The van der Waals surface area contributed by atoms with Crippen LogP contribution in [0.15, 0.2) is 17.8 Å². The lowest BCUT2D eigenvalue weighted by molar-refractivity contribution is 0.0667. The van der Waals surface area contributed by atoms with Crippen molar-refractivity contribution < 1.29 is 4.79 Å². The van der Waals surface area contributed by atoms with Crippen LogP contribution in [0.2, 0.25) is 0 Å². The summed E-state index contributed by atoms with van der Waals surface area (Å²) in [5.41, 5.74) is 1.79. The molecule has 0 N–H and O–H groups in total. The number of aromatic nitrogens is 3. The molecule has 1 saturated heterocycles. The third-order valence-electron chi connectivity index (χ3n) is 4.46. The molecule has 116 valence electrons. The zero-order chi connectivity index (χ0) is 15.1. The molecule has 1 unspecified atom stereocenters. The van der Waals surface area contributed by atoms with Crippen LogP contribution in [0.5, 0.6) is 0 Å². The highest BCUT2D eigenvalue weighted by Crippen LogP contribution is 2.41. The maximum Gasteiger partial charge on any atom is 0.273 e. The average molecular weight is 316 g/mol. The minimum absolute atomic E-state index is 0.0803.